The predicted octanol–water partition coefficient (Wildman–Crippen LogP) is 3.08. The summed E-state index contributed by atoms with van der Waals surface area (Å²) in [5.74, 6) is -0.627. The quantitative estimate of drug-likeness (QED) is 0.837. The molecule has 19 heavy (non-hydrogen) atoms. The summed E-state index contributed by atoms with van der Waals surface area (Å²) in [7, 11) is 0. The van der Waals surface area contributed by atoms with Crippen molar-refractivity contribution in [3.05, 3.63) is 29.8 Å². The molecule has 1 aromatic carbocycles. The van der Waals surface area contributed by atoms with E-state index in [2.05, 4.69) is 10.6 Å². The summed E-state index contributed by atoms with van der Waals surface area (Å²) < 4.78 is 35.9. The van der Waals surface area contributed by atoms with Gasteiger partial charge in [0.15, 0.2) is 0 Å². The summed E-state index contributed by atoms with van der Waals surface area (Å²) >= 11 is 0. The van der Waals surface area contributed by atoms with Crippen LogP contribution in [-0.2, 0) is 11.3 Å². The normalized spacial score (nSPS) is 11.4. The first-order chi connectivity index (χ1) is 8.90. The molecular formula is C13H17F3N2O. The number of amides is 1. The second-order valence-corrected chi connectivity index (χ2v) is 4.14. The van der Waals surface area contributed by atoms with E-state index in [0.717, 1.165) is 12.1 Å². The third kappa shape index (κ3) is 6.81. The van der Waals surface area contributed by atoms with Crippen molar-refractivity contribution >= 4 is 11.6 Å². The fourth-order valence-electron chi connectivity index (χ4n) is 1.51. The maximum absolute atomic E-state index is 12.0. The van der Waals surface area contributed by atoms with Gasteiger partial charge in [0.1, 0.15) is 0 Å². The van der Waals surface area contributed by atoms with E-state index in [9.17, 15) is 18.0 Å². The lowest BCUT2D eigenvalue weighted by Crippen LogP contribution is -2.17. The van der Waals surface area contributed by atoms with E-state index in [0.29, 0.717) is 12.2 Å². The second kappa shape index (κ2) is 7.13. The number of alkyl halides is 3. The van der Waals surface area contributed by atoms with E-state index < -0.39 is 24.9 Å². The molecule has 0 unspecified atom stereocenters. The molecular weight excluding hydrogens is 257 g/mol. The number of hydrogen-bond acceptors (Lipinski definition) is 2. The maximum atomic E-state index is 12.0. The Morgan fingerprint density at radius 2 is 2.05 bits per heavy atom. The number of halogens is 3. The fourth-order valence-corrected chi connectivity index (χ4v) is 1.51. The number of hydrogen-bond donors (Lipinski definition) is 2. The zero-order chi connectivity index (χ0) is 14.3. The van der Waals surface area contributed by atoms with Gasteiger partial charge in [-0.3, -0.25) is 4.79 Å². The minimum absolute atomic E-state index is 0.516. The van der Waals surface area contributed by atoms with Crippen LogP contribution in [0.3, 0.4) is 0 Å². The standard InChI is InChI=1S/C13H17F3N2O/c1-2-17-9-10-4-3-5-11(8-10)18-12(19)6-7-13(14,15)16/h3-5,8,17H,2,6-7,9H2,1H3,(H,18,19). The topological polar surface area (TPSA) is 41.1 Å². The Bertz CT molecular complexity index is 419. The minimum atomic E-state index is -4.30. The molecule has 106 valence electrons. The van der Waals surface area contributed by atoms with Crippen LogP contribution in [0.1, 0.15) is 25.3 Å². The Morgan fingerprint density at radius 3 is 2.68 bits per heavy atom. The van der Waals surface area contributed by atoms with Crippen molar-refractivity contribution in [3.8, 4) is 0 Å². The largest absolute Gasteiger partial charge is 0.389 e. The SMILES string of the molecule is CCNCc1cccc(NC(=O)CCC(F)(F)F)c1. The van der Waals surface area contributed by atoms with Crippen molar-refractivity contribution in [2.75, 3.05) is 11.9 Å². The molecule has 0 aliphatic carbocycles. The molecule has 0 aliphatic heterocycles. The van der Waals surface area contributed by atoms with E-state index >= 15 is 0 Å². The van der Waals surface area contributed by atoms with Gasteiger partial charge >= 0.3 is 6.18 Å². The summed E-state index contributed by atoms with van der Waals surface area (Å²) in [6, 6.07) is 7.04. The van der Waals surface area contributed by atoms with Gasteiger partial charge in [0.2, 0.25) is 5.91 Å². The minimum Gasteiger partial charge on any atom is -0.326 e. The van der Waals surface area contributed by atoms with E-state index in [1.807, 2.05) is 13.0 Å². The molecule has 0 saturated heterocycles. The Morgan fingerprint density at radius 1 is 1.32 bits per heavy atom. The van der Waals surface area contributed by atoms with E-state index in [-0.39, 0.29) is 0 Å². The van der Waals surface area contributed by atoms with E-state index in [4.69, 9.17) is 0 Å². The highest BCUT2D eigenvalue weighted by molar-refractivity contribution is 5.90. The van der Waals surface area contributed by atoms with Gasteiger partial charge in [-0.2, -0.15) is 13.2 Å². The van der Waals surface area contributed by atoms with Crippen LogP contribution in [0, 0.1) is 0 Å². The number of carbonyl (C=O) groups is 1. The fraction of sp³-hybridized carbons (Fsp3) is 0.462. The summed E-state index contributed by atoms with van der Waals surface area (Å²) in [6.45, 7) is 3.45. The van der Waals surface area contributed by atoms with Crippen LogP contribution in [0.4, 0.5) is 18.9 Å². The van der Waals surface area contributed by atoms with Gasteiger partial charge in [-0.1, -0.05) is 19.1 Å². The van der Waals surface area contributed by atoms with Crippen LogP contribution in [0.2, 0.25) is 0 Å². The molecule has 0 atom stereocenters. The molecule has 0 aromatic heterocycles. The number of anilines is 1. The highest BCUT2D eigenvalue weighted by Crippen LogP contribution is 2.21. The number of nitrogens with one attached hydrogen (secondary N) is 2. The maximum Gasteiger partial charge on any atom is 0.389 e. The van der Waals surface area contributed by atoms with Gasteiger partial charge in [0.25, 0.3) is 0 Å². The van der Waals surface area contributed by atoms with Crippen molar-refractivity contribution in [2.45, 2.75) is 32.5 Å². The van der Waals surface area contributed by atoms with Crippen LogP contribution in [0.5, 0.6) is 0 Å². The smallest absolute Gasteiger partial charge is 0.326 e. The van der Waals surface area contributed by atoms with E-state index in [1.165, 1.54) is 0 Å². The predicted molar refractivity (Wildman–Crippen MR) is 67.7 cm³/mol. The van der Waals surface area contributed by atoms with Gasteiger partial charge in [-0.15, -0.1) is 0 Å². The van der Waals surface area contributed by atoms with Gasteiger partial charge < -0.3 is 10.6 Å². The first kappa shape index (κ1) is 15.5. The first-order valence-corrected chi connectivity index (χ1v) is 6.07. The molecule has 0 bridgehead atoms. The Kier molecular flexibility index (Phi) is 5.82. The average Bonchev–Trinajstić information content (AvgIpc) is 2.33. The summed E-state index contributed by atoms with van der Waals surface area (Å²) in [5.41, 5.74) is 1.48. The van der Waals surface area contributed by atoms with E-state index in [1.54, 1.807) is 18.2 Å². The second-order valence-electron chi connectivity index (χ2n) is 4.14. The van der Waals surface area contributed by atoms with Crippen LogP contribution >= 0.6 is 0 Å². The molecule has 1 rings (SSSR count). The number of benzene rings is 1. The van der Waals surface area contributed by atoms with Crippen molar-refractivity contribution < 1.29 is 18.0 Å². The van der Waals surface area contributed by atoms with Gasteiger partial charge in [-0.05, 0) is 24.2 Å². The number of rotatable bonds is 6. The lowest BCUT2D eigenvalue weighted by Gasteiger charge is -2.09. The van der Waals surface area contributed by atoms with Gasteiger partial charge in [0, 0.05) is 18.7 Å². The molecule has 0 fully saturated rings. The summed E-state index contributed by atoms with van der Waals surface area (Å²) in [6.07, 6.45) is -5.96. The third-order valence-electron chi connectivity index (χ3n) is 2.43. The highest BCUT2D eigenvalue weighted by Gasteiger charge is 2.27. The molecule has 0 saturated carbocycles. The molecule has 0 heterocycles. The highest BCUT2D eigenvalue weighted by atomic mass is 19.4. The molecule has 3 nitrogen and oxygen atoms in total. The molecule has 1 amide bonds. The van der Waals surface area contributed by atoms with Crippen LogP contribution in [0.25, 0.3) is 0 Å². The molecule has 0 aliphatic rings. The molecule has 0 spiro atoms. The average molecular weight is 274 g/mol. The Hall–Kier alpha value is -1.56. The molecule has 6 heteroatoms. The molecule has 0 radical (unpaired) electrons. The zero-order valence-corrected chi connectivity index (χ0v) is 10.7. The summed E-state index contributed by atoms with van der Waals surface area (Å²) in [4.78, 5) is 11.4. The Labute approximate surface area is 110 Å². The molecule has 1 aromatic rings. The lowest BCUT2D eigenvalue weighted by molar-refractivity contribution is -0.142. The molecule has 2 N–H and O–H groups in total. The van der Waals surface area contributed by atoms with Gasteiger partial charge in [0.05, 0.1) is 6.42 Å². The Balaban J connectivity index is 2.49. The van der Waals surface area contributed by atoms with Crippen LogP contribution < -0.4 is 10.6 Å². The monoisotopic (exact) mass is 274 g/mol. The summed E-state index contributed by atoms with van der Waals surface area (Å²) in [5, 5.41) is 5.59. The van der Waals surface area contributed by atoms with Crippen molar-refractivity contribution in [1.82, 2.24) is 5.32 Å². The third-order valence-corrected chi connectivity index (χ3v) is 2.43. The van der Waals surface area contributed by atoms with Crippen molar-refractivity contribution in [2.24, 2.45) is 0 Å². The number of carbonyl (C=O) groups excluding carboxylic acids is 1. The van der Waals surface area contributed by atoms with Crippen molar-refractivity contribution in [3.63, 3.8) is 0 Å². The van der Waals surface area contributed by atoms with Crippen LogP contribution in [0.15, 0.2) is 24.3 Å². The zero-order valence-electron chi connectivity index (χ0n) is 10.7. The first-order valence-electron chi connectivity index (χ1n) is 6.07. The van der Waals surface area contributed by atoms with Gasteiger partial charge in [-0.25, -0.2) is 0 Å². The van der Waals surface area contributed by atoms with Crippen LogP contribution in [-0.4, -0.2) is 18.6 Å². The lowest BCUT2D eigenvalue weighted by atomic mass is 10.2. The van der Waals surface area contributed by atoms with Crippen molar-refractivity contribution in [1.29, 1.82) is 0 Å².